The predicted octanol–water partition coefficient (Wildman–Crippen LogP) is 7.94. The Balaban J connectivity index is 1.47. The summed E-state index contributed by atoms with van der Waals surface area (Å²) in [5.41, 5.74) is 0.939. The Morgan fingerprint density at radius 1 is 0.690 bits per heavy atom. The van der Waals surface area contributed by atoms with E-state index in [1.807, 2.05) is 42.5 Å². The van der Waals surface area contributed by atoms with Gasteiger partial charge >= 0.3 is 0 Å². The van der Waals surface area contributed by atoms with E-state index >= 15 is 0 Å². The summed E-state index contributed by atoms with van der Waals surface area (Å²) >= 11 is 2.93. The number of azo groups is 1. The lowest BCUT2D eigenvalue weighted by atomic mass is 10.1. The second-order valence-corrected chi connectivity index (χ2v) is 8.79. The minimum absolute atomic E-state index is 0.178. The second-order valence-electron chi connectivity index (χ2n) is 6.75. The molecule has 29 heavy (non-hydrogen) atoms. The number of hydrogen-bond acceptors (Lipinski definition) is 6. The van der Waals surface area contributed by atoms with Gasteiger partial charge in [0.15, 0.2) is 10.8 Å². The molecule has 0 radical (unpaired) electrons. The molecule has 4 nitrogen and oxygen atoms in total. The first-order valence-electron chi connectivity index (χ1n) is 9.11. The largest absolute Gasteiger partial charge is 0.504 e. The number of hydrogen-bond donors (Lipinski definition) is 1. The van der Waals surface area contributed by atoms with Gasteiger partial charge in [-0.15, -0.1) is 21.6 Å². The van der Waals surface area contributed by atoms with E-state index in [1.54, 1.807) is 0 Å². The maximum absolute atomic E-state index is 10.8. The van der Waals surface area contributed by atoms with Gasteiger partial charge in [0.25, 0.3) is 0 Å². The van der Waals surface area contributed by atoms with E-state index in [0.29, 0.717) is 10.1 Å². The average Bonchev–Trinajstić information content (AvgIpc) is 3.33. The van der Waals surface area contributed by atoms with E-state index in [9.17, 15) is 5.11 Å². The molecule has 138 valence electrons. The molecular weight excluding hydrogens is 398 g/mol. The molecule has 0 fully saturated rings. The van der Waals surface area contributed by atoms with Crippen LogP contribution >= 0.6 is 22.7 Å². The standard InChI is InChI=1S/C23H13N3OS2/c27-21-19-15-7-3-1-5-13(15)9-11-17(19)28-22(21)25-26-23-24-20-16-8-4-2-6-14(16)10-12-18(20)29-23/h1-12,27H. The molecular formula is C23H13N3OS2. The topological polar surface area (TPSA) is 57.8 Å². The zero-order valence-corrected chi connectivity index (χ0v) is 16.7. The first-order valence-corrected chi connectivity index (χ1v) is 10.7. The Morgan fingerprint density at radius 3 is 2.21 bits per heavy atom. The summed E-state index contributed by atoms with van der Waals surface area (Å²) < 4.78 is 2.06. The van der Waals surface area contributed by atoms with Crippen molar-refractivity contribution < 1.29 is 5.11 Å². The van der Waals surface area contributed by atoms with Crippen LogP contribution in [-0.4, -0.2) is 10.1 Å². The SMILES string of the molecule is Oc1c(N=Nc2nc3c(ccc4ccccc43)s2)sc2ccc3ccccc3c12. The van der Waals surface area contributed by atoms with E-state index in [1.165, 1.54) is 22.7 Å². The monoisotopic (exact) mass is 411 g/mol. The van der Waals surface area contributed by atoms with Gasteiger partial charge in [-0.2, -0.15) is 0 Å². The zero-order chi connectivity index (χ0) is 19.4. The third-order valence-electron chi connectivity index (χ3n) is 5.04. The van der Waals surface area contributed by atoms with Crippen molar-refractivity contribution in [1.29, 1.82) is 0 Å². The van der Waals surface area contributed by atoms with Crippen LogP contribution in [0.25, 0.3) is 41.8 Å². The van der Waals surface area contributed by atoms with Gasteiger partial charge in [0, 0.05) is 15.5 Å². The fraction of sp³-hybridized carbons (Fsp3) is 0. The molecule has 0 aliphatic heterocycles. The van der Waals surface area contributed by atoms with Gasteiger partial charge in [0.05, 0.1) is 10.2 Å². The number of aromatic nitrogens is 1. The molecule has 0 aliphatic carbocycles. The molecule has 6 heteroatoms. The summed E-state index contributed by atoms with van der Waals surface area (Å²) in [6.45, 7) is 0. The minimum atomic E-state index is 0.178. The predicted molar refractivity (Wildman–Crippen MR) is 122 cm³/mol. The highest BCUT2D eigenvalue weighted by molar-refractivity contribution is 7.23. The first kappa shape index (κ1) is 16.6. The molecule has 6 aromatic rings. The lowest BCUT2D eigenvalue weighted by Crippen LogP contribution is -1.73. The molecule has 2 aromatic heterocycles. The molecule has 0 unspecified atom stereocenters. The van der Waals surface area contributed by atoms with Gasteiger partial charge in [0.2, 0.25) is 5.13 Å². The fourth-order valence-electron chi connectivity index (χ4n) is 3.69. The van der Waals surface area contributed by atoms with Crippen LogP contribution in [0.1, 0.15) is 0 Å². The Morgan fingerprint density at radius 2 is 1.38 bits per heavy atom. The molecule has 6 rings (SSSR count). The van der Waals surface area contributed by atoms with Crippen molar-refractivity contribution in [3.8, 4) is 5.75 Å². The van der Waals surface area contributed by atoms with E-state index in [2.05, 4.69) is 45.5 Å². The number of thiazole rings is 1. The Hall–Kier alpha value is -3.35. The van der Waals surface area contributed by atoms with Crippen molar-refractivity contribution in [3.05, 3.63) is 72.8 Å². The van der Waals surface area contributed by atoms with Gasteiger partial charge in [-0.3, -0.25) is 0 Å². The Kier molecular flexibility index (Phi) is 3.62. The molecule has 0 saturated carbocycles. The normalized spacial score (nSPS) is 12.1. The lowest BCUT2D eigenvalue weighted by molar-refractivity contribution is 0.485. The number of fused-ring (bicyclic) bond motifs is 6. The van der Waals surface area contributed by atoms with Crippen LogP contribution in [0, 0.1) is 0 Å². The molecule has 0 aliphatic rings. The number of aromatic hydroxyl groups is 1. The van der Waals surface area contributed by atoms with Crippen molar-refractivity contribution in [2.75, 3.05) is 0 Å². The Bertz CT molecular complexity index is 1580. The summed E-state index contributed by atoms with van der Waals surface area (Å²) in [4.78, 5) is 4.67. The van der Waals surface area contributed by atoms with E-state index in [-0.39, 0.29) is 5.75 Å². The molecule has 0 atom stereocenters. The van der Waals surface area contributed by atoms with Crippen LogP contribution in [0.15, 0.2) is 83.0 Å². The summed E-state index contributed by atoms with van der Waals surface area (Å²) in [6, 6.07) is 24.5. The number of rotatable bonds is 2. The number of thiophene rings is 1. The van der Waals surface area contributed by atoms with Crippen LogP contribution in [0.3, 0.4) is 0 Å². The zero-order valence-electron chi connectivity index (χ0n) is 15.0. The van der Waals surface area contributed by atoms with Crippen molar-refractivity contribution in [2.24, 2.45) is 10.2 Å². The summed E-state index contributed by atoms with van der Waals surface area (Å²) in [7, 11) is 0. The maximum Gasteiger partial charge on any atom is 0.231 e. The van der Waals surface area contributed by atoms with Crippen molar-refractivity contribution in [1.82, 2.24) is 4.98 Å². The number of benzene rings is 4. The van der Waals surface area contributed by atoms with Gasteiger partial charge in [0.1, 0.15) is 0 Å². The second kappa shape index (κ2) is 6.34. The molecule has 0 amide bonds. The summed E-state index contributed by atoms with van der Waals surface area (Å²) in [6.07, 6.45) is 0. The van der Waals surface area contributed by atoms with Crippen LogP contribution < -0.4 is 0 Å². The van der Waals surface area contributed by atoms with Crippen LogP contribution in [0.4, 0.5) is 10.1 Å². The van der Waals surface area contributed by atoms with Crippen molar-refractivity contribution >= 4 is 74.7 Å². The average molecular weight is 412 g/mol. The summed E-state index contributed by atoms with van der Waals surface area (Å²) in [5, 5.41) is 25.8. The van der Waals surface area contributed by atoms with E-state index < -0.39 is 0 Å². The third kappa shape index (κ3) is 2.61. The molecule has 0 bridgehead atoms. The quantitative estimate of drug-likeness (QED) is 0.294. The molecule has 4 aromatic carbocycles. The van der Waals surface area contributed by atoms with Gasteiger partial charge in [-0.1, -0.05) is 72.0 Å². The highest BCUT2D eigenvalue weighted by Gasteiger charge is 2.14. The molecule has 1 N–H and O–H groups in total. The van der Waals surface area contributed by atoms with Crippen molar-refractivity contribution in [2.45, 2.75) is 0 Å². The van der Waals surface area contributed by atoms with Crippen LogP contribution in [0.2, 0.25) is 0 Å². The van der Waals surface area contributed by atoms with Gasteiger partial charge < -0.3 is 5.11 Å². The first-order chi connectivity index (χ1) is 14.3. The van der Waals surface area contributed by atoms with Gasteiger partial charge in [-0.05, 0) is 28.3 Å². The van der Waals surface area contributed by atoms with Crippen LogP contribution in [-0.2, 0) is 0 Å². The highest BCUT2D eigenvalue weighted by Crippen LogP contribution is 2.47. The van der Waals surface area contributed by atoms with Crippen molar-refractivity contribution in [3.63, 3.8) is 0 Å². The molecule has 0 saturated heterocycles. The maximum atomic E-state index is 10.8. The molecule has 2 heterocycles. The van der Waals surface area contributed by atoms with Crippen LogP contribution in [0.5, 0.6) is 5.75 Å². The summed E-state index contributed by atoms with van der Waals surface area (Å²) in [5.74, 6) is 0.178. The lowest BCUT2D eigenvalue weighted by Gasteiger charge is -1.99. The smallest absolute Gasteiger partial charge is 0.231 e. The highest BCUT2D eigenvalue weighted by atomic mass is 32.1. The molecule has 0 spiro atoms. The number of nitrogens with zero attached hydrogens (tertiary/aromatic N) is 3. The third-order valence-corrected chi connectivity index (χ3v) is 6.97. The minimum Gasteiger partial charge on any atom is -0.504 e. The fourth-order valence-corrected chi connectivity index (χ4v) is 5.43. The van der Waals surface area contributed by atoms with E-state index in [4.69, 9.17) is 0 Å². The van der Waals surface area contributed by atoms with Gasteiger partial charge in [-0.25, -0.2) is 4.98 Å². The Labute approximate surface area is 173 Å². The van der Waals surface area contributed by atoms with E-state index in [0.717, 1.165) is 41.8 Å².